The molecule has 0 aromatic heterocycles. The van der Waals surface area contributed by atoms with Crippen LogP contribution >= 0.6 is 23.2 Å². The van der Waals surface area contributed by atoms with Crippen LogP contribution in [0.25, 0.3) is 0 Å². The van der Waals surface area contributed by atoms with E-state index in [2.05, 4.69) is 0 Å². The first-order valence-corrected chi connectivity index (χ1v) is 6.70. The van der Waals surface area contributed by atoms with Gasteiger partial charge < -0.3 is 9.47 Å². The van der Waals surface area contributed by atoms with Gasteiger partial charge >= 0.3 is 0 Å². The molecule has 0 aliphatic heterocycles. The lowest BCUT2D eigenvalue weighted by atomic mass is 10.3. The van der Waals surface area contributed by atoms with Gasteiger partial charge in [-0.2, -0.15) is 0 Å². The number of rotatable bonds is 5. The topological polar surface area (TPSA) is 35.5 Å². The fourth-order valence-corrected chi connectivity index (χ4v) is 1.71. The largest absolute Gasteiger partial charge is 0.482 e. The highest BCUT2D eigenvalue weighted by Crippen LogP contribution is 2.29. The molecule has 20 heavy (non-hydrogen) atoms. The van der Waals surface area contributed by atoms with Gasteiger partial charge in [0.05, 0.1) is 5.02 Å². The summed E-state index contributed by atoms with van der Waals surface area (Å²) in [5.74, 6) is 1.74. The molecular formula is C15H12Cl2O3. The van der Waals surface area contributed by atoms with Gasteiger partial charge in [0.15, 0.2) is 6.10 Å². The molecule has 2 aromatic rings. The average molecular weight is 311 g/mol. The zero-order valence-corrected chi connectivity index (χ0v) is 12.2. The molecule has 0 saturated carbocycles. The molecule has 0 fully saturated rings. The van der Waals surface area contributed by atoms with Crippen LogP contribution in [0.5, 0.6) is 17.2 Å². The molecule has 3 nitrogen and oxygen atoms in total. The minimum absolute atomic E-state index is 0.536. The van der Waals surface area contributed by atoms with E-state index in [1.54, 1.807) is 43.3 Å². The summed E-state index contributed by atoms with van der Waals surface area (Å²) in [7, 11) is 0. The Morgan fingerprint density at radius 1 is 1.05 bits per heavy atom. The highest BCUT2D eigenvalue weighted by atomic mass is 35.5. The molecule has 0 heterocycles. The standard InChI is InChI=1S/C15H12Cl2O3/c1-10(15(17)18)19-11-6-8-12(9-7-11)20-14-5-3-2-4-13(14)16/h2-10H,1H3. The van der Waals surface area contributed by atoms with Crippen LogP contribution in [0.15, 0.2) is 48.5 Å². The summed E-state index contributed by atoms with van der Waals surface area (Å²) in [4.78, 5) is 10.9. The number of hydrogen-bond acceptors (Lipinski definition) is 3. The number of ether oxygens (including phenoxy) is 2. The van der Waals surface area contributed by atoms with Crippen molar-refractivity contribution >= 4 is 28.4 Å². The highest BCUT2D eigenvalue weighted by molar-refractivity contribution is 6.64. The van der Waals surface area contributed by atoms with E-state index in [-0.39, 0.29) is 0 Å². The van der Waals surface area contributed by atoms with Crippen LogP contribution in [0.2, 0.25) is 5.02 Å². The van der Waals surface area contributed by atoms with Gasteiger partial charge in [0.25, 0.3) is 5.24 Å². The Kier molecular flexibility index (Phi) is 4.88. The van der Waals surface area contributed by atoms with Gasteiger partial charge in [-0.25, -0.2) is 0 Å². The molecule has 0 spiro atoms. The van der Waals surface area contributed by atoms with Crippen LogP contribution in [-0.4, -0.2) is 11.3 Å². The summed E-state index contributed by atoms with van der Waals surface area (Å²) in [6.45, 7) is 1.59. The fraction of sp³-hybridized carbons (Fsp3) is 0.133. The smallest absolute Gasteiger partial charge is 0.262 e. The van der Waals surface area contributed by atoms with Gasteiger partial charge in [-0.05, 0) is 54.9 Å². The minimum Gasteiger partial charge on any atom is -0.482 e. The Hall–Kier alpha value is -1.71. The maximum Gasteiger partial charge on any atom is 0.262 e. The van der Waals surface area contributed by atoms with Gasteiger partial charge in [-0.15, -0.1) is 0 Å². The number of carbonyl (C=O) groups excluding carboxylic acids is 1. The van der Waals surface area contributed by atoms with Crippen molar-refractivity contribution < 1.29 is 14.3 Å². The van der Waals surface area contributed by atoms with E-state index in [1.165, 1.54) is 0 Å². The lowest BCUT2D eigenvalue weighted by molar-refractivity contribution is -0.117. The molecule has 0 bridgehead atoms. The molecule has 0 aliphatic rings. The Morgan fingerprint density at radius 2 is 1.65 bits per heavy atom. The van der Waals surface area contributed by atoms with Crippen molar-refractivity contribution in [3.63, 3.8) is 0 Å². The molecule has 0 N–H and O–H groups in total. The second kappa shape index (κ2) is 6.64. The Balaban J connectivity index is 2.05. The summed E-state index contributed by atoms with van der Waals surface area (Å²) in [6.07, 6.45) is -0.688. The third-order valence-electron chi connectivity index (χ3n) is 2.52. The van der Waals surface area contributed by atoms with Gasteiger partial charge in [0, 0.05) is 0 Å². The third-order valence-corrected chi connectivity index (χ3v) is 3.14. The zero-order valence-electron chi connectivity index (χ0n) is 10.7. The van der Waals surface area contributed by atoms with Gasteiger partial charge in [0.1, 0.15) is 17.2 Å². The van der Waals surface area contributed by atoms with Crippen molar-refractivity contribution in [3.05, 3.63) is 53.6 Å². The van der Waals surface area contributed by atoms with E-state index in [0.29, 0.717) is 22.3 Å². The van der Waals surface area contributed by atoms with Crippen LogP contribution in [0.1, 0.15) is 6.92 Å². The molecule has 2 rings (SSSR count). The molecule has 1 unspecified atom stereocenters. The van der Waals surface area contributed by atoms with E-state index in [1.807, 2.05) is 12.1 Å². The second-order valence-corrected chi connectivity index (χ2v) is 4.85. The summed E-state index contributed by atoms with van der Waals surface area (Å²) in [5, 5.41) is -0.00409. The Labute approximate surface area is 127 Å². The van der Waals surface area contributed by atoms with E-state index in [9.17, 15) is 4.79 Å². The molecule has 0 saturated heterocycles. The molecule has 0 radical (unpaired) electrons. The molecule has 104 valence electrons. The first kappa shape index (κ1) is 14.7. The Bertz CT molecular complexity index is 596. The molecule has 0 aliphatic carbocycles. The Morgan fingerprint density at radius 3 is 2.25 bits per heavy atom. The second-order valence-electron chi connectivity index (χ2n) is 4.07. The predicted octanol–water partition coefficient (Wildman–Crippen LogP) is 4.67. The molecular weight excluding hydrogens is 299 g/mol. The van der Waals surface area contributed by atoms with Crippen LogP contribution in [-0.2, 0) is 4.79 Å². The van der Waals surface area contributed by atoms with Crippen molar-refractivity contribution in [1.29, 1.82) is 0 Å². The number of hydrogen-bond donors (Lipinski definition) is 0. The van der Waals surface area contributed by atoms with Crippen molar-refractivity contribution in [2.24, 2.45) is 0 Å². The molecule has 5 heteroatoms. The van der Waals surface area contributed by atoms with E-state index < -0.39 is 11.3 Å². The van der Waals surface area contributed by atoms with E-state index in [0.717, 1.165) is 0 Å². The van der Waals surface area contributed by atoms with Gasteiger partial charge in [-0.1, -0.05) is 23.7 Å². The maximum atomic E-state index is 10.9. The van der Waals surface area contributed by atoms with Crippen LogP contribution < -0.4 is 9.47 Å². The molecule has 0 amide bonds. The monoisotopic (exact) mass is 310 g/mol. The number of halogens is 2. The minimum atomic E-state index is -0.688. The van der Waals surface area contributed by atoms with Crippen LogP contribution in [0.4, 0.5) is 0 Å². The van der Waals surface area contributed by atoms with Crippen molar-refractivity contribution in [3.8, 4) is 17.2 Å². The third kappa shape index (κ3) is 3.89. The van der Waals surface area contributed by atoms with Crippen LogP contribution in [0.3, 0.4) is 0 Å². The van der Waals surface area contributed by atoms with Crippen molar-refractivity contribution in [2.45, 2.75) is 13.0 Å². The lowest BCUT2D eigenvalue weighted by Crippen LogP contribution is -2.18. The van der Waals surface area contributed by atoms with Crippen LogP contribution in [0, 0.1) is 0 Å². The first-order valence-electron chi connectivity index (χ1n) is 5.94. The average Bonchev–Trinajstić information content (AvgIpc) is 2.43. The SMILES string of the molecule is CC(Oc1ccc(Oc2ccccc2Cl)cc1)C(=O)Cl. The van der Waals surface area contributed by atoms with Crippen molar-refractivity contribution in [1.82, 2.24) is 0 Å². The van der Waals surface area contributed by atoms with E-state index in [4.69, 9.17) is 32.7 Å². The number of para-hydroxylation sites is 1. The summed E-state index contributed by atoms with van der Waals surface area (Å²) >= 11 is 11.3. The lowest BCUT2D eigenvalue weighted by Gasteiger charge is -2.11. The van der Waals surface area contributed by atoms with Gasteiger partial charge in [0.2, 0.25) is 0 Å². The quantitative estimate of drug-likeness (QED) is 0.753. The normalized spacial score (nSPS) is 11.8. The summed E-state index contributed by atoms with van der Waals surface area (Å²) in [5.41, 5.74) is 0. The van der Waals surface area contributed by atoms with Crippen molar-refractivity contribution in [2.75, 3.05) is 0 Å². The predicted molar refractivity (Wildman–Crippen MR) is 78.9 cm³/mol. The number of carbonyl (C=O) groups is 1. The fourth-order valence-electron chi connectivity index (χ4n) is 1.49. The molecule has 1 atom stereocenters. The first-order chi connectivity index (χ1) is 9.56. The van der Waals surface area contributed by atoms with E-state index >= 15 is 0 Å². The maximum absolute atomic E-state index is 10.9. The highest BCUT2D eigenvalue weighted by Gasteiger charge is 2.11. The van der Waals surface area contributed by atoms with Gasteiger partial charge in [-0.3, -0.25) is 4.79 Å². The molecule has 2 aromatic carbocycles. The summed E-state index contributed by atoms with van der Waals surface area (Å²) in [6, 6.07) is 14.0. The summed E-state index contributed by atoms with van der Waals surface area (Å²) < 4.78 is 11.0. The number of benzene rings is 2. The zero-order chi connectivity index (χ0) is 14.5.